The minimum absolute atomic E-state index is 0.0267. The van der Waals surface area contributed by atoms with Crippen molar-refractivity contribution < 1.29 is 13.5 Å². The molecule has 0 amide bonds. The Labute approximate surface area is 79.3 Å². The van der Waals surface area contributed by atoms with Crippen LogP contribution in [-0.4, -0.2) is 30.0 Å². The fraction of sp³-hybridized carbons (Fsp3) is 0.429. The summed E-state index contributed by atoms with van der Waals surface area (Å²) in [6.07, 6.45) is -2.54. The fourth-order valence-electron chi connectivity index (χ4n) is 0.793. The minimum Gasteiger partial charge on any atom is -0.471 e. The number of nitrogen functional groups attached to an aromatic ring is 1. The SMILES string of the molecule is CNc1cc(OCC(F)F)nc(N)n1. The van der Waals surface area contributed by atoms with Crippen molar-refractivity contribution in [1.82, 2.24) is 9.97 Å². The molecule has 0 fully saturated rings. The van der Waals surface area contributed by atoms with Crippen LogP contribution in [-0.2, 0) is 0 Å². The van der Waals surface area contributed by atoms with Gasteiger partial charge in [0.2, 0.25) is 11.8 Å². The molecule has 0 bridgehead atoms. The average Bonchev–Trinajstić information content (AvgIpc) is 2.14. The largest absolute Gasteiger partial charge is 0.471 e. The molecule has 14 heavy (non-hydrogen) atoms. The summed E-state index contributed by atoms with van der Waals surface area (Å²) in [5.74, 6) is 0.421. The van der Waals surface area contributed by atoms with Crippen LogP contribution in [0.4, 0.5) is 20.5 Å². The quantitative estimate of drug-likeness (QED) is 0.756. The van der Waals surface area contributed by atoms with Crippen LogP contribution < -0.4 is 15.8 Å². The first-order valence-electron chi connectivity index (χ1n) is 3.85. The second-order valence-electron chi connectivity index (χ2n) is 2.40. The van der Waals surface area contributed by atoms with Gasteiger partial charge in [0.1, 0.15) is 5.82 Å². The van der Waals surface area contributed by atoms with Gasteiger partial charge in [0.25, 0.3) is 6.43 Å². The van der Waals surface area contributed by atoms with E-state index < -0.39 is 13.0 Å². The smallest absolute Gasteiger partial charge is 0.272 e. The Hall–Kier alpha value is -1.66. The van der Waals surface area contributed by atoms with Gasteiger partial charge in [-0.1, -0.05) is 0 Å². The normalized spacial score (nSPS) is 10.3. The molecule has 0 aromatic carbocycles. The first-order valence-corrected chi connectivity index (χ1v) is 3.85. The van der Waals surface area contributed by atoms with Crippen molar-refractivity contribution >= 4 is 11.8 Å². The highest BCUT2D eigenvalue weighted by atomic mass is 19.3. The topological polar surface area (TPSA) is 73.1 Å². The van der Waals surface area contributed by atoms with Crippen molar-refractivity contribution in [2.24, 2.45) is 0 Å². The molecule has 0 aliphatic heterocycles. The van der Waals surface area contributed by atoms with E-state index in [1.54, 1.807) is 7.05 Å². The molecule has 0 saturated heterocycles. The Balaban J connectivity index is 2.71. The van der Waals surface area contributed by atoms with Crippen LogP contribution in [0.25, 0.3) is 0 Å². The third kappa shape index (κ3) is 3.00. The van der Waals surface area contributed by atoms with E-state index in [0.717, 1.165) is 0 Å². The van der Waals surface area contributed by atoms with Crippen molar-refractivity contribution in [3.8, 4) is 5.88 Å². The lowest BCUT2D eigenvalue weighted by Gasteiger charge is -2.06. The van der Waals surface area contributed by atoms with Crippen LogP contribution in [0, 0.1) is 0 Å². The third-order valence-corrected chi connectivity index (χ3v) is 1.33. The molecule has 0 spiro atoms. The summed E-state index contributed by atoms with van der Waals surface area (Å²) >= 11 is 0. The summed E-state index contributed by atoms with van der Waals surface area (Å²) in [6.45, 7) is -0.709. The van der Waals surface area contributed by atoms with Crippen molar-refractivity contribution in [1.29, 1.82) is 0 Å². The van der Waals surface area contributed by atoms with Gasteiger partial charge in [-0.3, -0.25) is 0 Å². The van der Waals surface area contributed by atoms with Crippen LogP contribution in [0.1, 0.15) is 0 Å². The van der Waals surface area contributed by atoms with Gasteiger partial charge in [-0.05, 0) is 0 Å². The molecule has 1 aromatic heterocycles. The minimum atomic E-state index is -2.54. The lowest BCUT2D eigenvalue weighted by molar-refractivity contribution is 0.0796. The number of rotatable bonds is 4. The Morgan fingerprint density at radius 2 is 2.29 bits per heavy atom. The molecule has 1 rings (SSSR count). The number of halogens is 2. The zero-order valence-electron chi connectivity index (χ0n) is 7.50. The van der Waals surface area contributed by atoms with Gasteiger partial charge in [-0.15, -0.1) is 0 Å². The molecule has 1 aromatic rings. The van der Waals surface area contributed by atoms with Crippen molar-refractivity contribution in [3.05, 3.63) is 6.07 Å². The molecule has 0 radical (unpaired) electrons. The molecule has 0 atom stereocenters. The number of hydrogen-bond acceptors (Lipinski definition) is 5. The first-order chi connectivity index (χ1) is 6.61. The van der Waals surface area contributed by atoms with Gasteiger partial charge in [0.05, 0.1) is 0 Å². The molecular formula is C7H10F2N4O. The zero-order chi connectivity index (χ0) is 10.6. The molecule has 78 valence electrons. The van der Waals surface area contributed by atoms with E-state index in [-0.39, 0.29) is 11.8 Å². The summed E-state index contributed by atoms with van der Waals surface area (Å²) < 4.78 is 28.2. The highest BCUT2D eigenvalue weighted by Crippen LogP contribution is 2.14. The van der Waals surface area contributed by atoms with E-state index in [1.165, 1.54) is 6.07 Å². The molecule has 0 unspecified atom stereocenters. The van der Waals surface area contributed by atoms with Crippen LogP contribution in [0.15, 0.2) is 6.07 Å². The van der Waals surface area contributed by atoms with E-state index in [4.69, 9.17) is 5.73 Å². The van der Waals surface area contributed by atoms with Crippen LogP contribution in [0.5, 0.6) is 5.88 Å². The van der Waals surface area contributed by atoms with Crippen molar-refractivity contribution in [2.45, 2.75) is 6.43 Å². The number of ether oxygens (including phenoxy) is 1. The molecular weight excluding hydrogens is 194 g/mol. The number of nitrogens with one attached hydrogen (secondary N) is 1. The number of aromatic nitrogens is 2. The highest BCUT2D eigenvalue weighted by Gasteiger charge is 2.06. The Morgan fingerprint density at radius 3 is 2.86 bits per heavy atom. The third-order valence-electron chi connectivity index (χ3n) is 1.33. The van der Waals surface area contributed by atoms with E-state index >= 15 is 0 Å². The summed E-state index contributed by atoms with van der Waals surface area (Å²) in [7, 11) is 1.62. The van der Waals surface area contributed by atoms with Gasteiger partial charge < -0.3 is 15.8 Å². The second-order valence-corrected chi connectivity index (χ2v) is 2.40. The highest BCUT2D eigenvalue weighted by molar-refractivity contribution is 5.41. The van der Waals surface area contributed by atoms with Gasteiger partial charge in [-0.2, -0.15) is 9.97 Å². The monoisotopic (exact) mass is 204 g/mol. The van der Waals surface area contributed by atoms with Gasteiger partial charge >= 0.3 is 0 Å². The predicted molar refractivity (Wildman–Crippen MR) is 47.5 cm³/mol. The molecule has 7 heteroatoms. The molecule has 0 aliphatic rings. The molecule has 5 nitrogen and oxygen atoms in total. The predicted octanol–water partition coefficient (Wildman–Crippen LogP) is 0.744. The first kappa shape index (κ1) is 10.4. The summed E-state index contributed by atoms with van der Waals surface area (Å²) in [6, 6.07) is 1.39. The second kappa shape index (κ2) is 4.54. The van der Waals surface area contributed by atoms with Crippen LogP contribution in [0.3, 0.4) is 0 Å². The number of alkyl halides is 2. The Kier molecular flexibility index (Phi) is 3.38. The molecule has 1 heterocycles. The maximum absolute atomic E-state index is 11.8. The zero-order valence-corrected chi connectivity index (χ0v) is 7.50. The summed E-state index contributed by atoms with van der Waals surface area (Å²) in [4.78, 5) is 7.39. The average molecular weight is 204 g/mol. The standard InChI is InChI=1S/C7H10F2N4O/c1-11-5-2-6(13-7(10)12-5)14-3-4(8)9/h2,4H,3H2,1H3,(H3,10,11,12,13). The van der Waals surface area contributed by atoms with E-state index in [2.05, 4.69) is 20.0 Å². The van der Waals surface area contributed by atoms with Gasteiger partial charge in [0, 0.05) is 13.1 Å². The molecule has 3 N–H and O–H groups in total. The number of nitrogens with zero attached hydrogens (tertiary/aromatic N) is 2. The van der Waals surface area contributed by atoms with Crippen molar-refractivity contribution in [2.75, 3.05) is 24.7 Å². The Morgan fingerprint density at radius 1 is 1.57 bits per heavy atom. The lowest BCUT2D eigenvalue weighted by atomic mass is 10.5. The van der Waals surface area contributed by atoms with E-state index in [1.807, 2.05) is 0 Å². The molecule has 0 saturated carbocycles. The number of nitrogens with two attached hydrogens (primary N) is 1. The van der Waals surface area contributed by atoms with E-state index in [0.29, 0.717) is 5.82 Å². The van der Waals surface area contributed by atoms with Gasteiger partial charge in [0.15, 0.2) is 6.61 Å². The number of anilines is 2. The van der Waals surface area contributed by atoms with Crippen molar-refractivity contribution in [3.63, 3.8) is 0 Å². The molecule has 0 aliphatic carbocycles. The lowest BCUT2D eigenvalue weighted by Crippen LogP contribution is -2.09. The maximum Gasteiger partial charge on any atom is 0.272 e. The summed E-state index contributed by atoms with van der Waals surface area (Å²) in [5.41, 5.74) is 5.31. The van der Waals surface area contributed by atoms with E-state index in [9.17, 15) is 8.78 Å². The van der Waals surface area contributed by atoms with Crippen LogP contribution >= 0.6 is 0 Å². The number of hydrogen-bond donors (Lipinski definition) is 2. The van der Waals surface area contributed by atoms with Crippen LogP contribution in [0.2, 0.25) is 0 Å². The fourth-order valence-corrected chi connectivity index (χ4v) is 0.793. The maximum atomic E-state index is 11.8. The summed E-state index contributed by atoms with van der Waals surface area (Å²) in [5, 5.41) is 2.70. The van der Waals surface area contributed by atoms with Gasteiger partial charge in [-0.25, -0.2) is 8.78 Å². The Bertz CT molecular complexity index is 308.